The fraction of sp³-hybridized carbons (Fsp3) is 0.581. The third kappa shape index (κ3) is 41.2. The van der Waals surface area contributed by atoms with Crippen LogP contribution < -0.4 is 26.6 Å². The van der Waals surface area contributed by atoms with Gasteiger partial charge in [0.05, 0.1) is 20.2 Å². The van der Waals surface area contributed by atoms with Crippen LogP contribution in [0.15, 0.2) is 24.3 Å². The number of rotatable bonds is 28. The largest absolute Gasteiger partial charge is 0.481 e. The van der Waals surface area contributed by atoms with Crippen LogP contribution in [-0.2, 0) is 57.6 Å². The molecule has 0 spiro atoms. The van der Waals surface area contributed by atoms with Crippen molar-refractivity contribution in [1.29, 1.82) is 0 Å². The molecule has 0 aromatic heterocycles. The summed E-state index contributed by atoms with van der Waals surface area (Å²) in [5, 5.41) is 47.0. The van der Waals surface area contributed by atoms with E-state index >= 15 is 0 Å². The molecule has 0 aliphatic carbocycles. The van der Waals surface area contributed by atoms with Crippen LogP contribution in [0.5, 0.6) is 0 Å². The number of carbonyl (C=O) groups excluding carboxylic acids is 8. The van der Waals surface area contributed by atoms with Gasteiger partial charge in [-0.15, -0.1) is 0 Å². The van der Waals surface area contributed by atoms with Crippen molar-refractivity contribution in [2.24, 2.45) is 0 Å². The van der Waals surface area contributed by atoms with Crippen molar-refractivity contribution in [3.8, 4) is 0 Å². The summed E-state index contributed by atoms with van der Waals surface area (Å²) in [5.74, 6) is -7.32. The zero-order chi connectivity index (χ0) is 51.5. The second-order valence-electron chi connectivity index (χ2n) is 13.3. The molecule has 2 atom stereocenters. The van der Waals surface area contributed by atoms with Gasteiger partial charge in [0.25, 0.3) is 5.91 Å². The predicted molar refractivity (Wildman–Crippen MR) is 239 cm³/mol. The molecule has 0 bridgehead atoms. The Morgan fingerprint density at radius 3 is 1.70 bits per heavy atom. The van der Waals surface area contributed by atoms with Gasteiger partial charge in [0.2, 0.25) is 29.5 Å². The van der Waals surface area contributed by atoms with Crippen LogP contribution in [0.4, 0.5) is 0 Å². The molecule has 23 heteroatoms. The van der Waals surface area contributed by atoms with Crippen molar-refractivity contribution in [2.75, 3.05) is 33.8 Å². The average Bonchev–Trinajstić information content (AvgIpc) is 3.29. The molecule has 0 aliphatic rings. The number of carbonyl (C=O) groups is 12. The van der Waals surface area contributed by atoms with Crippen LogP contribution in [0.1, 0.15) is 127 Å². The van der Waals surface area contributed by atoms with Gasteiger partial charge in [-0.2, -0.15) is 0 Å². The number of aldehydes is 2. The molecule has 23 nitrogen and oxygen atoms in total. The Balaban J connectivity index is -0.000000715. The number of hydrogen-bond acceptors (Lipinski definition) is 13. The highest BCUT2D eigenvalue weighted by Gasteiger charge is 2.24. The smallest absolute Gasteiger partial charge is 0.326 e. The summed E-state index contributed by atoms with van der Waals surface area (Å²) in [6, 6.07) is 4.48. The van der Waals surface area contributed by atoms with Gasteiger partial charge in [0, 0.05) is 64.1 Å². The van der Waals surface area contributed by atoms with E-state index < -0.39 is 79.1 Å². The van der Waals surface area contributed by atoms with Crippen molar-refractivity contribution >= 4 is 71.9 Å². The van der Waals surface area contributed by atoms with Gasteiger partial charge in [-0.25, -0.2) is 9.86 Å². The monoisotopic (exact) mass is 942 g/mol. The number of hydrogen-bond donors (Lipinski definition) is 9. The summed E-state index contributed by atoms with van der Waals surface area (Å²) >= 11 is 0. The molecule has 0 saturated heterocycles. The second kappa shape index (κ2) is 43.5. The van der Waals surface area contributed by atoms with Gasteiger partial charge in [-0.05, 0) is 57.6 Å². The molecular weight excluding hydrogens is 872 g/mol. The van der Waals surface area contributed by atoms with Crippen LogP contribution in [0.2, 0.25) is 0 Å². The number of aryl methyl sites for hydroxylation is 1. The molecule has 0 saturated carbocycles. The van der Waals surface area contributed by atoms with Gasteiger partial charge in [-0.1, -0.05) is 45.4 Å². The minimum atomic E-state index is -1.33. The van der Waals surface area contributed by atoms with E-state index in [4.69, 9.17) is 15.3 Å². The zero-order valence-corrected chi connectivity index (χ0v) is 39.0. The number of unbranched alkanes of at least 4 members (excludes halogenated alkanes) is 3. The molecule has 66 heavy (non-hydrogen) atoms. The topological polar surface area (TPSA) is 358 Å². The Labute approximate surface area is 385 Å². The summed E-state index contributed by atoms with van der Waals surface area (Å²) in [4.78, 5) is 138. The fourth-order valence-electron chi connectivity index (χ4n) is 4.36. The fourth-order valence-corrected chi connectivity index (χ4v) is 4.36. The summed E-state index contributed by atoms with van der Waals surface area (Å²) in [5.41, 5.74) is 1.45. The van der Waals surface area contributed by atoms with Gasteiger partial charge >= 0.3 is 23.9 Å². The Morgan fingerprint density at radius 2 is 1.21 bits per heavy atom. The standard InChI is InChI=1S/C29H41N5O10.C6H11NO3.2C3H6O2.C2H6/c1-19-8-7-9-20(16-19)27(41)30-14-5-4-10-22(29(43)44)34-25(38)18-32-28(42)21(12-13-26(39)40)33-24(37)17-31-23(36)11-3-2-6-15-35;1-7(10-2)6(9)4-3-5-8;2*1-2-3(4)5;1-2/h7-9,15-16,21-22H,2-6,10-14,17-18H2,1H3,(H,30,41)(H,31,36)(H,32,42)(H,33,37)(H,34,38)(H,39,40)(H,43,44);5H,3-4H2,1-2H3;2*2H2,1H3,(H,4,5);1-2H3. The number of amides is 6. The van der Waals surface area contributed by atoms with E-state index in [1.165, 1.54) is 14.2 Å². The summed E-state index contributed by atoms with van der Waals surface area (Å²) in [6.07, 6.45) is 3.88. The molecule has 1 aromatic carbocycles. The second-order valence-corrected chi connectivity index (χ2v) is 13.3. The number of carboxylic acids is 4. The molecule has 1 aromatic rings. The van der Waals surface area contributed by atoms with Crippen molar-refractivity contribution in [2.45, 2.75) is 130 Å². The number of nitrogens with zero attached hydrogens (tertiary/aromatic N) is 1. The third-order valence-electron chi connectivity index (χ3n) is 7.97. The normalized spacial score (nSPS) is 10.4. The SMILES string of the molecule is CC.CCC(=O)O.CCC(=O)O.CON(C)C(=O)CCC=O.Cc1cccc(C(=O)NCCCCC(NC(=O)CNC(=O)C(CCC(=O)O)NC(=O)CNC(=O)CCCCC=O)C(=O)O)c1. The predicted octanol–water partition coefficient (Wildman–Crippen LogP) is 1.78. The molecule has 374 valence electrons. The molecule has 1 rings (SSSR count). The third-order valence-corrected chi connectivity index (χ3v) is 7.97. The van der Waals surface area contributed by atoms with Crippen LogP contribution in [-0.4, -0.2) is 143 Å². The van der Waals surface area contributed by atoms with E-state index in [1.807, 2.05) is 26.8 Å². The quantitative estimate of drug-likeness (QED) is 0.0328. The highest BCUT2D eigenvalue weighted by molar-refractivity contribution is 5.94. The first-order chi connectivity index (χ1) is 31.2. The molecule has 0 heterocycles. The minimum absolute atomic E-state index is 0.0649. The number of aliphatic carboxylic acids is 4. The first-order valence-corrected chi connectivity index (χ1v) is 21.2. The summed E-state index contributed by atoms with van der Waals surface area (Å²) in [7, 11) is 2.91. The summed E-state index contributed by atoms with van der Waals surface area (Å²) in [6.45, 7) is 8.26. The van der Waals surface area contributed by atoms with Crippen LogP contribution >= 0.6 is 0 Å². The van der Waals surface area contributed by atoms with Crippen molar-refractivity contribution in [3.63, 3.8) is 0 Å². The lowest BCUT2D eigenvalue weighted by Gasteiger charge is -2.19. The maximum absolute atomic E-state index is 12.6. The lowest BCUT2D eigenvalue weighted by molar-refractivity contribution is -0.168. The van der Waals surface area contributed by atoms with E-state index in [0.29, 0.717) is 50.5 Å². The Bertz CT molecular complexity index is 1640. The highest BCUT2D eigenvalue weighted by Crippen LogP contribution is 2.05. The highest BCUT2D eigenvalue weighted by atomic mass is 16.7. The Morgan fingerprint density at radius 1 is 0.667 bits per heavy atom. The lowest BCUT2D eigenvalue weighted by Crippen LogP contribution is -2.52. The number of benzene rings is 1. The number of carboxylic acid groups (broad SMARTS) is 4. The first kappa shape index (κ1) is 65.8. The molecule has 6 amide bonds. The number of nitrogens with one attached hydrogen (secondary N) is 5. The van der Waals surface area contributed by atoms with Crippen molar-refractivity contribution in [1.82, 2.24) is 31.6 Å². The van der Waals surface area contributed by atoms with Crippen molar-refractivity contribution in [3.05, 3.63) is 35.4 Å². The maximum Gasteiger partial charge on any atom is 0.326 e. The van der Waals surface area contributed by atoms with Gasteiger partial charge in [-0.3, -0.25) is 48.0 Å². The number of hydroxylamine groups is 2. The minimum Gasteiger partial charge on any atom is -0.481 e. The van der Waals surface area contributed by atoms with E-state index in [1.54, 1.807) is 32.0 Å². The van der Waals surface area contributed by atoms with Crippen LogP contribution in [0.3, 0.4) is 0 Å². The first-order valence-electron chi connectivity index (χ1n) is 21.2. The molecular formula is C43H70N6O17. The summed E-state index contributed by atoms with van der Waals surface area (Å²) < 4.78 is 0. The van der Waals surface area contributed by atoms with E-state index in [2.05, 4.69) is 31.4 Å². The van der Waals surface area contributed by atoms with Crippen LogP contribution in [0.25, 0.3) is 0 Å². The molecule has 0 aliphatic heterocycles. The van der Waals surface area contributed by atoms with Gasteiger partial charge in [0.1, 0.15) is 24.7 Å². The molecule has 2 unspecified atom stereocenters. The van der Waals surface area contributed by atoms with E-state index in [9.17, 15) is 62.6 Å². The Kier molecular flexibility index (Phi) is 43.4. The van der Waals surface area contributed by atoms with Gasteiger partial charge in [0.15, 0.2) is 0 Å². The van der Waals surface area contributed by atoms with E-state index in [0.717, 1.165) is 16.9 Å². The zero-order valence-electron chi connectivity index (χ0n) is 39.0. The maximum atomic E-state index is 12.6. The van der Waals surface area contributed by atoms with E-state index in [-0.39, 0.29) is 56.8 Å². The Hall–Kier alpha value is -6.78. The molecule has 0 radical (unpaired) electrons. The molecule has 9 N–H and O–H groups in total. The van der Waals surface area contributed by atoms with Crippen LogP contribution in [0, 0.1) is 6.92 Å². The molecule has 0 fully saturated rings. The van der Waals surface area contributed by atoms with Crippen molar-refractivity contribution < 1.29 is 82.8 Å². The van der Waals surface area contributed by atoms with Gasteiger partial charge < -0.3 is 56.6 Å². The average molecular weight is 943 g/mol. The lowest BCUT2D eigenvalue weighted by atomic mass is 10.1.